The molecule has 266 valence electrons. The average Bonchev–Trinajstić information content (AvgIpc) is 3.31. The van der Waals surface area contributed by atoms with E-state index in [0.29, 0.717) is 34.7 Å². The van der Waals surface area contributed by atoms with Gasteiger partial charge in [-0.15, -0.1) is 0 Å². The number of aryl methyl sites for hydroxylation is 1. The van der Waals surface area contributed by atoms with E-state index in [1.54, 1.807) is 18.2 Å². The first-order valence-electron chi connectivity index (χ1n) is 17.5. The number of amides is 4. The van der Waals surface area contributed by atoms with Crippen LogP contribution in [0.5, 0.6) is 5.75 Å². The molecule has 12 heteroatoms. The molecule has 0 aromatic heterocycles. The number of aliphatic hydroxyl groups excluding tert-OH is 1. The summed E-state index contributed by atoms with van der Waals surface area (Å²) in [5.41, 5.74) is 0.694. The summed E-state index contributed by atoms with van der Waals surface area (Å²) in [7, 11) is 0. The predicted molar refractivity (Wildman–Crippen MR) is 186 cm³/mol. The number of nitrogens with zero attached hydrogens (tertiary/aromatic N) is 3. The highest BCUT2D eigenvalue weighted by atomic mass is 35.5. The van der Waals surface area contributed by atoms with Crippen molar-refractivity contribution in [3.8, 4) is 11.8 Å². The van der Waals surface area contributed by atoms with Gasteiger partial charge in [-0.05, 0) is 81.6 Å². The van der Waals surface area contributed by atoms with Crippen LogP contribution in [0.2, 0.25) is 5.02 Å². The van der Waals surface area contributed by atoms with Gasteiger partial charge < -0.3 is 25.4 Å². The molecule has 2 aromatic carbocycles. The number of halogens is 1. The molecule has 3 aliphatic heterocycles. The number of hydrogen-bond donors (Lipinski definition) is 3. The molecule has 2 aromatic rings. The predicted octanol–water partition coefficient (Wildman–Crippen LogP) is 4.19. The van der Waals surface area contributed by atoms with Gasteiger partial charge in [-0.2, -0.15) is 5.26 Å². The Bertz CT molecular complexity index is 1690. The van der Waals surface area contributed by atoms with Crippen molar-refractivity contribution in [1.82, 2.24) is 20.4 Å². The van der Waals surface area contributed by atoms with Gasteiger partial charge in [0, 0.05) is 41.3 Å². The van der Waals surface area contributed by atoms with E-state index < -0.39 is 17.7 Å². The van der Waals surface area contributed by atoms with Gasteiger partial charge in [-0.1, -0.05) is 51.4 Å². The number of piperidine rings is 2. The Hall–Kier alpha value is -3.98. The summed E-state index contributed by atoms with van der Waals surface area (Å²) < 4.78 is 6.34. The summed E-state index contributed by atoms with van der Waals surface area (Å²) >= 11 is 6.22. The maximum absolute atomic E-state index is 13.5. The number of imide groups is 1. The van der Waals surface area contributed by atoms with E-state index >= 15 is 0 Å². The topological polar surface area (TPSA) is 152 Å². The van der Waals surface area contributed by atoms with Crippen molar-refractivity contribution >= 4 is 35.2 Å². The summed E-state index contributed by atoms with van der Waals surface area (Å²) in [6.45, 7) is 10.6. The number of nitrogens with one attached hydrogen (secondary N) is 2. The molecule has 2 atom stereocenters. The third-order valence-corrected chi connectivity index (χ3v) is 11.8. The number of likely N-dealkylation sites (tertiary alicyclic amines) is 2. The van der Waals surface area contributed by atoms with Gasteiger partial charge in [0.25, 0.3) is 5.91 Å². The lowest BCUT2D eigenvalue weighted by Crippen LogP contribution is -2.74. The molecule has 4 aliphatic rings. The molecule has 1 saturated carbocycles. The molecule has 4 amide bonds. The zero-order valence-corrected chi connectivity index (χ0v) is 29.9. The van der Waals surface area contributed by atoms with Gasteiger partial charge in [0.05, 0.1) is 22.0 Å². The summed E-state index contributed by atoms with van der Waals surface area (Å²) in [6.07, 6.45) is 2.18. The smallest absolute Gasteiger partial charge is 0.251 e. The third kappa shape index (κ3) is 6.61. The standard InChI is InChI=1S/C38H46ClN5O6/c1-36(2)33(37(3,4)34(36)50-26-12-11-25(22-40)27(39)20-26)42-31(47)24-9-7-23(8-10-24)6-5-17-43-18-15-38(16-19-43)21-30(46)44(35(38)49)28-13-14-29(45)41-32(28)48/h7-12,20,28,32-34,48H,5-6,13-19,21H2,1-4H3,(H,41,45)(H,42,47). The first kappa shape index (κ1) is 35.8. The van der Waals surface area contributed by atoms with E-state index in [-0.39, 0.29) is 65.9 Å². The Balaban J connectivity index is 0.960. The van der Waals surface area contributed by atoms with Crippen molar-refractivity contribution in [3.05, 3.63) is 64.2 Å². The molecule has 11 nitrogen and oxygen atoms in total. The average molecular weight is 704 g/mol. The SMILES string of the molecule is CC1(C)C(NC(=O)c2ccc(CCCN3CCC4(CC3)CC(=O)N(C3CCC(=O)NC3O)C4=O)cc2)C(C)(C)C1Oc1ccc(C#N)c(Cl)c1. The Labute approximate surface area is 298 Å². The zero-order chi connectivity index (χ0) is 36.0. The van der Waals surface area contributed by atoms with Gasteiger partial charge in [-0.25, -0.2) is 0 Å². The van der Waals surface area contributed by atoms with Gasteiger partial charge in [0.15, 0.2) is 0 Å². The number of carbonyl (C=O) groups excluding carboxylic acids is 4. The monoisotopic (exact) mass is 703 g/mol. The molecule has 50 heavy (non-hydrogen) atoms. The fourth-order valence-corrected chi connectivity index (χ4v) is 9.14. The van der Waals surface area contributed by atoms with Crippen LogP contribution in [0, 0.1) is 27.6 Å². The van der Waals surface area contributed by atoms with Crippen molar-refractivity contribution in [2.24, 2.45) is 16.2 Å². The number of hydrogen-bond acceptors (Lipinski definition) is 8. The number of ether oxygens (including phenoxy) is 1. The first-order chi connectivity index (χ1) is 23.7. The summed E-state index contributed by atoms with van der Waals surface area (Å²) in [5, 5.41) is 25.5. The minimum Gasteiger partial charge on any atom is -0.489 e. The zero-order valence-electron chi connectivity index (χ0n) is 29.1. The molecule has 0 bridgehead atoms. The van der Waals surface area contributed by atoms with Crippen LogP contribution in [0.15, 0.2) is 42.5 Å². The molecular weight excluding hydrogens is 658 g/mol. The Morgan fingerprint density at radius 2 is 1.76 bits per heavy atom. The van der Waals surface area contributed by atoms with Crippen molar-refractivity contribution in [3.63, 3.8) is 0 Å². The van der Waals surface area contributed by atoms with Crippen LogP contribution >= 0.6 is 11.6 Å². The summed E-state index contributed by atoms with van der Waals surface area (Å²) in [6, 6.07) is 14.0. The summed E-state index contributed by atoms with van der Waals surface area (Å²) in [4.78, 5) is 54.9. The lowest BCUT2D eigenvalue weighted by Gasteiger charge is -2.63. The maximum Gasteiger partial charge on any atom is 0.251 e. The van der Waals surface area contributed by atoms with E-state index in [4.69, 9.17) is 16.3 Å². The quantitative estimate of drug-likeness (QED) is 0.329. The highest BCUT2D eigenvalue weighted by Crippen LogP contribution is 2.55. The molecule has 2 unspecified atom stereocenters. The molecule has 3 saturated heterocycles. The Morgan fingerprint density at radius 1 is 1.08 bits per heavy atom. The van der Waals surface area contributed by atoms with Crippen molar-refractivity contribution < 1.29 is 29.0 Å². The first-order valence-corrected chi connectivity index (χ1v) is 17.9. The van der Waals surface area contributed by atoms with E-state index in [9.17, 15) is 29.5 Å². The van der Waals surface area contributed by atoms with E-state index in [1.165, 1.54) is 4.90 Å². The van der Waals surface area contributed by atoms with Crippen LogP contribution in [0.1, 0.15) is 87.7 Å². The largest absolute Gasteiger partial charge is 0.489 e. The number of aliphatic hydroxyl groups is 1. The molecule has 4 fully saturated rings. The lowest BCUT2D eigenvalue weighted by molar-refractivity contribution is -0.164. The van der Waals surface area contributed by atoms with Gasteiger partial charge in [0.1, 0.15) is 24.2 Å². The number of nitriles is 1. The van der Waals surface area contributed by atoms with Crippen LogP contribution in [-0.2, 0) is 20.8 Å². The Morgan fingerprint density at radius 3 is 2.38 bits per heavy atom. The third-order valence-electron chi connectivity index (χ3n) is 11.5. The van der Waals surface area contributed by atoms with Crippen molar-refractivity contribution in [1.29, 1.82) is 5.26 Å². The van der Waals surface area contributed by atoms with Gasteiger partial charge in [-0.3, -0.25) is 24.1 Å². The molecule has 1 spiro atoms. The second-order valence-corrected chi connectivity index (χ2v) is 16.0. The van der Waals surface area contributed by atoms with E-state index in [2.05, 4.69) is 49.3 Å². The van der Waals surface area contributed by atoms with Crippen molar-refractivity contribution in [2.45, 2.75) is 97.1 Å². The second kappa shape index (κ2) is 13.6. The number of benzene rings is 2. The second-order valence-electron chi connectivity index (χ2n) is 15.6. The maximum atomic E-state index is 13.5. The number of carbonyl (C=O) groups is 4. The lowest BCUT2D eigenvalue weighted by atomic mass is 9.49. The van der Waals surface area contributed by atoms with E-state index in [1.807, 2.05) is 24.3 Å². The van der Waals surface area contributed by atoms with Crippen LogP contribution in [0.3, 0.4) is 0 Å². The minimum absolute atomic E-state index is 0.132. The molecule has 1 aliphatic carbocycles. The summed E-state index contributed by atoms with van der Waals surface area (Å²) in [5.74, 6) is -0.288. The molecular formula is C38H46ClN5O6. The van der Waals surface area contributed by atoms with Crippen LogP contribution in [0.4, 0.5) is 0 Å². The highest BCUT2D eigenvalue weighted by molar-refractivity contribution is 6.31. The van der Waals surface area contributed by atoms with Crippen LogP contribution < -0.4 is 15.4 Å². The van der Waals surface area contributed by atoms with Crippen LogP contribution in [-0.4, -0.2) is 82.6 Å². The van der Waals surface area contributed by atoms with Gasteiger partial charge in [0.2, 0.25) is 17.7 Å². The van der Waals surface area contributed by atoms with Crippen molar-refractivity contribution in [2.75, 3.05) is 19.6 Å². The molecule has 6 rings (SSSR count). The fraction of sp³-hybridized carbons (Fsp3) is 0.553. The normalized spacial score (nSPS) is 27.0. The van der Waals surface area contributed by atoms with Gasteiger partial charge >= 0.3 is 0 Å². The molecule has 0 radical (unpaired) electrons. The minimum atomic E-state index is -1.22. The van der Waals surface area contributed by atoms with E-state index in [0.717, 1.165) is 38.0 Å². The van der Waals surface area contributed by atoms with Crippen LogP contribution in [0.25, 0.3) is 0 Å². The number of rotatable bonds is 9. The molecule has 3 N–H and O–H groups in total. The fourth-order valence-electron chi connectivity index (χ4n) is 8.93. The highest BCUT2D eigenvalue weighted by Gasteiger charge is 2.64. The molecule has 3 heterocycles. The Kier molecular flexibility index (Phi) is 9.76.